The van der Waals surface area contributed by atoms with Crippen LogP contribution in [0.1, 0.15) is 47.4 Å². The van der Waals surface area contributed by atoms with Crippen LogP contribution in [0, 0.1) is 5.82 Å². The Labute approximate surface area is 176 Å². The van der Waals surface area contributed by atoms with E-state index in [1.54, 1.807) is 0 Å². The predicted octanol–water partition coefficient (Wildman–Crippen LogP) is 5.35. The molecular weight excluding hydrogens is 405 g/mol. The third kappa shape index (κ3) is 4.14. The molecule has 0 radical (unpaired) electrons. The first-order valence-corrected chi connectivity index (χ1v) is 9.76. The van der Waals surface area contributed by atoms with Gasteiger partial charge in [0.2, 0.25) is 0 Å². The van der Waals surface area contributed by atoms with E-state index in [9.17, 15) is 18.0 Å². The van der Waals surface area contributed by atoms with Crippen molar-refractivity contribution in [1.82, 2.24) is 19.9 Å². The van der Waals surface area contributed by atoms with E-state index in [0.717, 1.165) is 10.1 Å². The second kappa shape index (κ2) is 8.59. The van der Waals surface area contributed by atoms with Crippen LogP contribution in [0.4, 0.5) is 13.2 Å². The molecule has 0 spiro atoms. The molecule has 0 bridgehead atoms. The molecule has 0 aliphatic heterocycles. The number of nitrogens with zero attached hydrogens (tertiary/aromatic N) is 3. The van der Waals surface area contributed by atoms with Crippen LogP contribution < -0.4 is 5.32 Å². The number of amides is 1. The number of fused-ring (bicyclic) bond motifs is 1. The minimum Gasteiger partial charge on any atom is -0.345 e. The predicted molar refractivity (Wildman–Crippen MR) is 110 cm³/mol. The zero-order chi connectivity index (χ0) is 22.0. The lowest BCUT2D eigenvalue weighted by atomic mass is 10.0. The van der Waals surface area contributed by atoms with Crippen molar-refractivity contribution in [2.45, 2.75) is 25.8 Å². The largest absolute Gasteiger partial charge is 0.345 e. The van der Waals surface area contributed by atoms with Crippen molar-refractivity contribution < 1.29 is 18.0 Å². The molecule has 2 aromatic heterocycles. The van der Waals surface area contributed by atoms with Gasteiger partial charge in [-0.25, -0.2) is 22.7 Å². The zero-order valence-electron chi connectivity index (χ0n) is 16.6. The van der Waals surface area contributed by atoms with Crippen LogP contribution in [0.15, 0.2) is 66.9 Å². The molecule has 8 heteroatoms. The molecule has 1 N–H and O–H groups in total. The fourth-order valence-corrected chi connectivity index (χ4v) is 3.41. The maximum Gasteiger partial charge on any atom is 0.280 e. The Morgan fingerprint density at radius 2 is 1.81 bits per heavy atom. The van der Waals surface area contributed by atoms with Crippen molar-refractivity contribution in [3.63, 3.8) is 0 Å². The number of hydrogen-bond acceptors (Lipinski definition) is 3. The molecule has 0 aliphatic rings. The second-order valence-electron chi connectivity index (χ2n) is 7.01. The van der Waals surface area contributed by atoms with Gasteiger partial charge in [-0.15, -0.1) is 0 Å². The molecular formula is C23H19F3N4O. The number of aromatic nitrogens is 3. The van der Waals surface area contributed by atoms with Gasteiger partial charge in [-0.05, 0) is 42.3 Å². The third-order valence-corrected chi connectivity index (χ3v) is 5.02. The minimum atomic E-state index is -2.84. The molecule has 0 saturated heterocycles. The summed E-state index contributed by atoms with van der Waals surface area (Å²) in [5.41, 5.74) is 1.28. The van der Waals surface area contributed by atoms with Gasteiger partial charge >= 0.3 is 0 Å². The van der Waals surface area contributed by atoms with E-state index in [2.05, 4.69) is 15.4 Å². The first-order valence-electron chi connectivity index (χ1n) is 9.76. The summed E-state index contributed by atoms with van der Waals surface area (Å²) >= 11 is 0. The standard InChI is InChI=1S/C23H19F3N4O/c1-2-18(14-6-4-3-5-7-14)29-23(31)17-13-27-30-20(21(25)26)12-19(28-22(17)30)15-8-10-16(24)11-9-15/h3-13,18,21H,2H2,1H3,(H,29,31). The molecule has 1 atom stereocenters. The number of halogens is 3. The van der Waals surface area contributed by atoms with E-state index >= 15 is 0 Å². The first-order chi connectivity index (χ1) is 15.0. The normalized spacial score (nSPS) is 12.3. The van der Waals surface area contributed by atoms with Gasteiger partial charge in [-0.1, -0.05) is 37.3 Å². The molecule has 1 unspecified atom stereocenters. The maximum absolute atomic E-state index is 13.7. The van der Waals surface area contributed by atoms with Crippen molar-refractivity contribution in [1.29, 1.82) is 0 Å². The van der Waals surface area contributed by atoms with Gasteiger partial charge < -0.3 is 5.32 Å². The van der Waals surface area contributed by atoms with E-state index in [-0.39, 0.29) is 22.9 Å². The van der Waals surface area contributed by atoms with E-state index in [1.165, 1.54) is 36.5 Å². The molecule has 5 nitrogen and oxygen atoms in total. The highest BCUT2D eigenvalue weighted by Crippen LogP contribution is 2.27. The molecule has 1 amide bonds. The number of carbonyl (C=O) groups excluding carboxylic acids is 1. The summed E-state index contributed by atoms with van der Waals surface area (Å²) in [4.78, 5) is 17.4. The van der Waals surface area contributed by atoms with E-state index in [4.69, 9.17) is 0 Å². The van der Waals surface area contributed by atoms with Crippen LogP contribution in [0.5, 0.6) is 0 Å². The summed E-state index contributed by atoms with van der Waals surface area (Å²) in [5, 5.41) is 6.89. The average molecular weight is 424 g/mol. The third-order valence-electron chi connectivity index (χ3n) is 5.02. The lowest BCUT2D eigenvalue weighted by Gasteiger charge is -2.17. The van der Waals surface area contributed by atoms with E-state index < -0.39 is 23.8 Å². The summed E-state index contributed by atoms with van der Waals surface area (Å²) in [6.45, 7) is 1.94. The lowest BCUT2D eigenvalue weighted by molar-refractivity contribution is 0.0936. The van der Waals surface area contributed by atoms with Crippen LogP contribution in [-0.4, -0.2) is 20.5 Å². The first kappa shape index (κ1) is 20.6. The van der Waals surface area contributed by atoms with Crippen LogP contribution in [0.3, 0.4) is 0 Å². The summed E-state index contributed by atoms with van der Waals surface area (Å²) in [6, 6.07) is 15.7. The van der Waals surface area contributed by atoms with Crippen molar-refractivity contribution >= 4 is 11.6 Å². The Morgan fingerprint density at radius 3 is 2.45 bits per heavy atom. The summed E-state index contributed by atoms with van der Waals surface area (Å²) in [5.74, 6) is -0.912. The fraction of sp³-hybridized carbons (Fsp3) is 0.174. The SMILES string of the molecule is CCC(NC(=O)c1cnn2c(C(F)F)cc(-c3ccc(F)cc3)nc12)c1ccccc1. The van der Waals surface area contributed by atoms with Crippen molar-refractivity contribution in [3.8, 4) is 11.3 Å². The van der Waals surface area contributed by atoms with Gasteiger partial charge in [0.15, 0.2) is 5.65 Å². The quantitative estimate of drug-likeness (QED) is 0.454. The Kier molecular flexibility index (Phi) is 5.70. The average Bonchev–Trinajstić information content (AvgIpc) is 3.21. The highest BCUT2D eigenvalue weighted by Gasteiger charge is 2.23. The van der Waals surface area contributed by atoms with Gasteiger partial charge in [0.1, 0.15) is 17.1 Å². The Bertz CT molecular complexity index is 1210. The van der Waals surface area contributed by atoms with Gasteiger partial charge in [0, 0.05) is 5.56 Å². The van der Waals surface area contributed by atoms with Crippen molar-refractivity contribution in [2.75, 3.05) is 0 Å². The molecule has 158 valence electrons. The summed E-state index contributed by atoms with van der Waals surface area (Å²) in [6.07, 6.45) is -0.963. The number of nitrogens with one attached hydrogen (secondary N) is 1. The summed E-state index contributed by atoms with van der Waals surface area (Å²) < 4.78 is 41.6. The Morgan fingerprint density at radius 1 is 1.10 bits per heavy atom. The number of hydrogen-bond donors (Lipinski definition) is 1. The van der Waals surface area contributed by atoms with Crippen molar-refractivity contribution in [2.24, 2.45) is 0 Å². The van der Waals surface area contributed by atoms with Gasteiger partial charge in [-0.3, -0.25) is 4.79 Å². The van der Waals surface area contributed by atoms with Crippen LogP contribution in [0.2, 0.25) is 0 Å². The molecule has 4 aromatic rings. The number of benzene rings is 2. The zero-order valence-corrected chi connectivity index (χ0v) is 16.6. The second-order valence-corrected chi connectivity index (χ2v) is 7.01. The molecule has 4 rings (SSSR count). The fourth-order valence-electron chi connectivity index (χ4n) is 3.41. The molecule has 0 fully saturated rings. The number of carbonyl (C=O) groups is 1. The molecule has 2 aromatic carbocycles. The highest BCUT2D eigenvalue weighted by molar-refractivity contribution is 6.00. The van der Waals surface area contributed by atoms with Crippen LogP contribution >= 0.6 is 0 Å². The van der Waals surface area contributed by atoms with Crippen LogP contribution in [0.25, 0.3) is 16.9 Å². The maximum atomic E-state index is 13.7. The highest BCUT2D eigenvalue weighted by atomic mass is 19.3. The minimum absolute atomic E-state index is 0.0116. The molecule has 0 saturated carbocycles. The number of rotatable bonds is 6. The van der Waals surface area contributed by atoms with Gasteiger partial charge in [0.25, 0.3) is 12.3 Å². The Hall–Kier alpha value is -3.68. The van der Waals surface area contributed by atoms with Gasteiger partial charge in [-0.2, -0.15) is 5.10 Å². The topological polar surface area (TPSA) is 59.3 Å². The number of alkyl halides is 2. The smallest absolute Gasteiger partial charge is 0.280 e. The molecule has 2 heterocycles. The Balaban J connectivity index is 1.76. The monoisotopic (exact) mass is 424 g/mol. The molecule has 31 heavy (non-hydrogen) atoms. The van der Waals surface area contributed by atoms with Crippen LogP contribution in [-0.2, 0) is 0 Å². The summed E-state index contributed by atoms with van der Waals surface area (Å²) in [7, 11) is 0. The van der Waals surface area contributed by atoms with E-state index in [0.29, 0.717) is 12.0 Å². The van der Waals surface area contributed by atoms with Gasteiger partial charge in [0.05, 0.1) is 17.9 Å². The van der Waals surface area contributed by atoms with E-state index in [1.807, 2.05) is 37.3 Å². The molecule has 0 aliphatic carbocycles. The van der Waals surface area contributed by atoms with Crippen molar-refractivity contribution in [3.05, 3.63) is 89.5 Å². The lowest BCUT2D eigenvalue weighted by Crippen LogP contribution is -2.28.